The second-order valence-electron chi connectivity index (χ2n) is 5.27. The van der Waals surface area contributed by atoms with Crippen LogP contribution >= 0.6 is 0 Å². The van der Waals surface area contributed by atoms with E-state index in [1.54, 1.807) is 6.33 Å². The molecule has 0 amide bonds. The smallest absolute Gasteiger partial charge is 0.140 e. The zero-order valence-corrected chi connectivity index (χ0v) is 12.0. The van der Waals surface area contributed by atoms with Gasteiger partial charge in [-0.3, -0.25) is 9.58 Å². The number of hydrogen-bond acceptors (Lipinski definition) is 5. The summed E-state index contributed by atoms with van der Waals surface area (Å²) in [6.07, 6.45) is 5.23. The molecule has 19 heavy (non-hydrogen) atoms. The Morgan fingerprint density at radius 1 is 1.16 bits per heavy atom. The van der Waals surface area contributed by atoms with Gasteiger partial charge in [0.25, 0.3) is 0 Å². The standard InChI is InChI=1S/C13H26N6/c1-17-13(15-12-16-17)11-19-8-4-7-18(9-10-19)6-3-2-5-14/h12H,2-11,14H2,1H3. The highest BCUT2D eigenvalue weighted by atomic mass is 15.3. The lowest BCUT2D eigenvalue weighted by Crippen LogP contribution is -2.31. The summed E-state index contributed by atoms with van der Waals surface area (Å²) in [6, 6.07) is 0. The van der Waals surface area contributed by atoms with E-state index in [1.165, 1.54) is 25.9 Å². The summed E-state index contributed by atoms with van der Waals surface area (Å²) in [7, 11) is 1.96. The third-order valence-corrected chi connectivity index (χ3v) is 3.78. The maximum absolute atomic E-state index is 5.55. The third kappa shape index (κ3) is 4.56. The molecule has 1 aromatic rings. The van der Waals surface area contributed by atoms with Crippen LogP contribution in [0.1, 0.15) is 25.1 Å². The molecule has 0 aliphatic carbocycles. The molecule has 0 saturated carbocycles. The summed E-state index contributed by atoms with van der Waals surface area (Å²) < 4.78 is 1.86. The van der Waals surface area contributed by atoms with E-state index in [0.717, 1.165) is 45.0 Å². The molecule has 2 N–H and O–H groups in total. The first-order valence-electron chi connectivity index (χ1n) is 7.27. The molecule has 0 radical (unpaired) electrons. The monoisotopic (exact) mass is 266 g/mol. The summed E-state index contributed by atoms with van der Waals surface area (Å²) in [5, 5.41) is 4.13. The fourth-order valence-electron chi connectivity index (χ4n) is 2.55. The highest BCUT2D eigenvalue weighted by Gasteiger charge is 2.16. The van der Waals surface area contributed by atoms with Crippen molar-refractivity contribution in [3.8, 4) is 0 Å². The topological polar surface area (TPSA) is 63.2 Å². The zero-order chi connectivity index (χ0) is 13.5. The molecule has 1 fully saturated rings. The number of unbranched alkanes of at least 4 members (excludes halogenated alkanes) is 1. The van der Waals surface area contributed by atoms with Gasteiger partial charge < -0.3 is 10.6 Å². The largest absolute Gasteiger partial charge is 0.330 e. The number of nitrogens with zero attached hydrogens (tertiary/aromatic N) is 5. The van der Waals surface area contributed by atoms with E-state index in [-0.39, 0.29) is 0 Å². The Kier molecular flexibility index (Phi) is 5.75. The lowest BCUT2D eigenvalue weighted by molar-refractivity contribution is 0.243. The fourth-order valence-corrected chi connectivity index (χ4v) is 2.55. The molecule has 1 saturated heterocycles. The number of nitrogens with two attached hydrogens (primary N) is 1. The van der Waals surface area contributed by atoms with E-state index < -0.39 is 0 Å². The Balaban J connectivity index is 1.75. The molecule has 6 nitrogen and oxygen atoms in total. The lowest BCUT2D eigenvalue weighted by Gasteiger charge is -2.21. The van der Waals surface area contributed by atoms with Gasteiger partial charge in [-0.2, -0.15) is 5.10 Å². The van der Waals surface area contributed by atoms with Crippen molar-refractivity contribution >= 4 is 0 Å². The van der Waals surface area contributed by atoms with E-state index in [2.05, 4.69) is 19.9 Å². The molecular weight excluding hydrogens is 240 g/mol. The van der Waals surface area contributed by atoms with Crippen molar-refractivity contribution in [1.29, 1.82) is 0 Å². The normalized spacial score (nSPS) is 18.6. The molecule has 1 aromatic heterocycles. The van der Waals surface area contributed by atoms with Crippen molar-refractivity contribution in [2.24, 2.45) is 12.8 Å². The Morgan fingerprint density at radius 3 is 2.68 bits per heavy atom. The van der Waals surface area contributed by atoms with E-state index in [9.17, 15) is 0 Å². The minimum atomic E-state index is 0.812. The number of rotatable bonds is 6. The number of aromatic nitrogens is 3. The molecular formula is C13H26N6. The van der Waals surface area contributed by atoms with Gasteiger partial charge in [-0.15, -0.1) is 0 Å². The van der Waals surface area contributed by atoms with Crippen LogP contribution in [0.4, 0.5) is 0 Å². The molecule has 1 aliphatic heterocycles. The minimum Gasteiger partial charge on any atom is -0.330 e. The molecule has 0 aromatic carbocycles. The summed E-state index contributed by atoms with van der Waals surface area (Å²) >= 11 is 0. The van der Waals surface area contributed by atoms with Gasteiger partial charge in [-0.1, -0.05) is 0 Å². The maximum Gasteiger partial charge on any atom is 0.140 e. The molecule has 0 spiro atoms. The van der Waals surface area contributed by atoms with Crippen molar-refractivity contribution in [3.63, 3.8) is 0 Å². The minimum absolute atomic E-state index is 0.812. The van der Waals surface area contributed by atoms with E-state index in [4.69, 9.17) is 5.73 Å². The molecule has 0 atom stereocenters. The lowest BCUT2D eigenvalue weighted by atomic mass is 10.3. The fraction of sp³-hybridized carbons (Fsp3) is 0.846. The van der Waals surface area contributed by atoms with Gasteiger partial charge in [0.2, 0.25) is 0 Å². The van der Waals surface area contributed by atoms with Gasteiger partial charge in [0.15, 0.2) is 0 Å². The molecule has 0 bridgehead atoms. The van der Waals surface area contributed by atoms with Gasteiger partial charge in [0, 0.05) is 20.1 Å². The van der Waals surface area contributed by atoms with E-state index >= 15 is 0 Å². The van der Waals surface area contributed by atoms with Crippen molar-refractivity contribution in [2.75, 3.05) is 39.3 Å². The van der Waals surface area contributed by atoms with Crippen molar-refractivity contribution in [2.45, 2.75) is 25.8 Å². The second kappa shape index (κ2) is 7.57. The molecule has 6 heteroatoms. The van der Waals surface area contributed by atoms with Crippen LogP contribution in [0.3, 0.4) is 0 Å². The van der Waals surface area contributed by atoms with Crippen LogP contribution in [0.15, 0.2) is 6.33 Å². The van der Waals surface area contributed by atoms with Crippen molar-refractivity contribution < 1.29 is 0 Å². The first kappa shape index (κ1) is 14.4. The SMILES string of the molecule is Cn1ncnc1CN1CCCN(CCCCN)CC1. The highest BCUT2D eigenvalue weighted by molar-refractivity contribution is 4.84. The number of hydrogen-bond donors (Lipinski definition) is 1. The summed E-state index contributed by atoms with van der Waals surface area (Å²) in [5.74, 6) is 1.05. The van der Waals surface area contributed by atoms with Crippen molar-refractivity contribution in [1.82, 2.24) is 24.6 Å². The quantitative estimate of drug-likeness (QED) is 0.738. The number of aryl methyl sites for hydroxylation is 1. The van der Waals surface area contributed by atoms with Crippen LogP contribution in [-0.4, -0.2) is 63.8 Å². The van der Waals surface area contributed by atoms with E-state index in [1.807, 2.05) is 11.7 Å². The van der Waals surface area contributed by atoms with Crippen LogP contribution in [0.25, 0.3) is 0 Å². The van der Waals surface area contributed by atoms with Crippen LogP contribution in [0.2, 0.25) is 0 Å². The molecule has 1 aliphatic rings. The Morgan fingerprint density at radius 2 is 1.95 bits per heavy atom. The summed E-state index contributed by atoms with van der Waals surface area (Å²) in [5.41, 5.74) is 5.55. The molecule has 0 unspecified atom stereocenters. The van der Waals surface area contributed by atoms with Gasteiger partial charge in [0.1, 0.15) is 12.2 Å². The Bertz CT molecular complexity index is 364. The van der Waals surface area contributed by atoms with Crippen molar-refractivity contribution in [3.05, 3.63) is 12.2 Å². The zero-order valence-electron chi connectivity index (χ0n) is 12.0. The first-order chi connectivity index (χ1) is 9.29. The Labute approximate surface area is 115 Å². The summed E-state index contributed by atoms with van der Waals surface area (Å²) in [6.45, 7) is 7.55. The van der Waals surface area contributed by atoms with Crippen LogP contribution in [0.5, 0.6) is 0 Å². The van der Waals surface area contributed by atoms with Crippen LogP contribution in [-0.2, 0) is 13.6 Å². The van der Waals surface area contributed by atoms with Gasteiger partial charge in [-0.25, -0.2) is 4.98 Å². The van der Waals surface area contributed by atoms with E-state index in [0.29, 0.717) is 0 Å². The van der Waals surface area contributed by atoms with Gasteiger partial charge in [0.05, 0.1) is 6.54 Å². The predicted molar refractivity (Wildman–Crippen MR) is 75.6 cm³/mol. The van der Waals surface area contributed by atoms with Crippen LogP contribution in [0, 0.1) is 0 Å². The first-order valence-corrected chi connectivity index (χ1v) is 7.27. The van der Waals surface area contributed by atoms with Gasteiger partial charge >= 0.3 is 0 Å². The molecule has 108 valence electrons. The second-order valence-corrected chi connectivity index (χ2v) is 5.27. The average molecular weight is 266 g/mol. The maximum atomic E-state index is 5.55. The van der Waals surface area contributed by atoms with Gasteiger partial charge in [-0.05, 0) is 45.4 Å². The predicted octanol–water partition coefficient (Wildman–Crippen LogP) is 0.0617. The van der Waals surface area contributed by atoms with Crippen LogP contribution < -0.4 is 5.73 Å². The molecule has 2 heterocycles. The summed E-state index contributed by atoms with van der Waals surface area (Å²) in [4.78, 5) is 9.34. The Hall–Kier alpha value is -0.980. The third-order valence-electron chi connectivity index (χ3n) is 3.78. The highest BCUT2D eigenvalue weighted by Crippen LogP contribution is 2.07. The molecule has 2 rings (SSSR count). The average Bonchev–Trinajstić information content (AvgIpc) is 2.67.